The lowest BCUT2D eigenvalue weighted by Crippen LogP contribution is -2.44. The molecule has 1 aliphatic carbocycles. The van der Waals surface area contributed by atoms with Crippen molar-refractivity contribution in [2.75, 3.05) is 13.1 Å². The van der Waals surface area contributed by atoms with Crippen LogP contribution in [0.25, 0.3) is 0 Å². The van der Waals surface area contributed by atoms with E-state index in [0.29, 0.717) is 24.7 Å². The summed E-state index contributed by atoms with van der Waals surface area (Å²) in [7, 11) is 2.01. The molecule has 1 saturated carbocycles. The van der Waals surface area contributed by atoms with Crippen molar-refractivity contribution in [3.63, 3.8) is 0 Å². The molecule has 1 aromatic heterocycles. The zero-order chi connectivity index (χ0) is 23.6. The third-order valence-corrected chi connectivity index (χ3v) is 6.61. The molecule has 0 unspecified atom stereocenters. The standard InChI is InChI=1S/C28H41N3O2/c1-4-6-8-9-11-23-13-15-24(16-14-23)28(33)30(20-7-5-2)22-27(32)31(25-17-18-25)21-26-12-10-19-29(26)3/h10,12-16,19,25H,4-9,11,17-18,20-22H2,1-3H3. The first-order valence-electron chi connectivity index (χ1n) is 12.8. The zero-order valence-corrected chi connectivity index (χ0v) is 20.8. The van der Waals surface area contributed by atoms with Crippen LogP contribution in [0, 0.1) is 0 Å². The average Bonchev–Trinajstić information content (AvgIpc) is 3.59. The summed E-state index contributed by atoms with van der Waals surface area (Å²) in [5.41, 5.74) is 3.08. The van der Waals surface area contributed by atoms with Gasteiger partial charge in [0.25, 0.3) is 5.91 Å². The van der Waals surface area contributed by atoms with Crippen LogP contribution in [0.5, 0.6) is 0 Å². The molecule has 3 rings (SSSR count). The second kappa shape index (κ2) is 12.6. The summed E-state index contributed by atoms with van der Waals surface area (Å²) in [6.07, 6.45) is 12.0. The van der Waals surface area contributed by atoms with Gasteiger partial charge >= 0.3 is 0 Å². The predicted molar refractivity (Wildman–Crippen MR) is 134 cm³/mol. The van der Waals surface area contributed by atoms with Gasteiger partial charge in [-0.2, -0.15) is 0 Å². The number of hydrogen-bond donors (Lipinski definition) is 0. The molecule has 0 bridgehead atoms. The quantitative estimate of drug-likeness (QED) is 0.352. The van der Waals surface area contributed by atoms with E-state index < -0.39 is 0 Å². The molecule has 33 heavy (non-hydrogen) atoms. The second-order valence-electron chi connectivity index (χ2n) is 9.45. The van der Waals surface area contributed by atoms with Crippen LogP contribution in [0.1, 0.15) is 86.8 Å². The van der Waals surface area contributed by atoms with Crippen LogP contribution in [0.15, 0.2) is 42.6 Å². The molecule has 5 nitrogen and oxygen atoms in total. The molecule has 1 aromatic carbocycles. The predicted octanol–water partition coefficient (Wildman–Crippen LogP) is 5.58. The fourth-order valence-corrected chi connectivity index (χ4v) is 4.25. The number of amides is 2. The van der Waals surface area contributed by atoms with Gasteiger partial charge in [0.05, 0.1) is 6.54 Å². The Morgan fingerprint density at radius 2 is 1.70 bits per heavy atom. The number of aromatic nitrogens is 1. The maximum Gasteiger partial charge on any atom is 0.254 e. The molecular formula is C28H41N3O2. The van der Waals surface area contributed by atoms with Gasteiger partial charge in [-0.25, -0.2) is 0 Å². The van der Waals surface area contributed by atoms with Crippen LogP contribution < -0.4 is 0 Å². The summed E-state index contributed by atoms with van der Waals surface area (Å²) in [4.78, 5) is 30.4. The molecule has 180 valence electrons. The number of carbonyl (C=O) groups excluding carboxylic acids is 2. The smallest absolute Gasteiger partial charge is 0.254 e. The number of rotatable bonds is 14. The molecule has 0 radical (unpaired) electrons. The van der Waals surface area contributed by atoms with Gasteiger partial charge in [0, 0.05) is 37.1 Å². The van der Waals surface area contributed by atoms with Crippen molar-refractivity contribution >= 4 is 11.8 Å². The SMILES string of the molecule is CCCCCCc1ccc(C(=O)N(CCCC)CC(=O)N(Cc2cccn2C)C2CC2)cc1. The molecule has 0 spiro atoms. The highest BCUT2D eigenvalue weighted by Gasteiger charge is 2.34. The van der Waals surface area contributed by atoms with E-state index >= 15 is 0 Å². The molecule has 0 atom stereocenters. The van der Waals surface area contributed by atoms with E-state index in [4.69, 9.17) is 0 Å². The molecule has 5 heteroatoms. The van der Waals surface area contributed by atoms with Crippen molar-refractivity contribution in [3.8, 4) is 0 Å². The van der Waals surface area contributed by atoms with Crippen molar-refractivity contribution in [2.24, 2.45) is 7.05 Å². The van der Waals surface area contributed by atoms with Crippen molar-refractivity contribution < 1.29 is 9.59 Å². The van der Waals surface area contributed by atoms with Crippen molar-refractivity contribution in [2.45, 2.75) is 84.2 Å². The van der Waals surface area contributed by atoms with E-state index in [2.05, 4.69) is 36.6 Å². The van der Waals surface area contributed by atoms with E-state index in [1.807, 2.05) is 36.3 Å². The van der Waals surface area contributed by atoms with Crippen LogP contribution in [0.2, 0.25) is 0 Å². The van der Waals surface area contributed by atoms with Crippen LogP contribution in [0.4, 0.5) is 0 Å². The Bertz CT molecular complexity index is 883. The molecule has 2 aromatic rings. The third-order valence-electron chi connectivity index (χ3n) is 6.61. The molecular weight excluding hydrogens is 410 g/mol. The van der Waals surface area contributed by atoms with Gasteiger partial charge < -0.3 is 14.4 Å². The minimum Gasteiger partial charge on any atom is -0.353 e. The summed E-state index contributed by atoms with van der Waals surface area (Å²) in [6, 6.07) is 12.4. The molecule has 2 amide bonds. The minimum atomic E-state index is -0.0380. The maximum absolute atomic E-state index is 13.3. The van der Waals surface area contributed by atoms with E-state index in [1.54, 1.807) is 4.90 Å². The Hall–Kier alpha value is -2.56. The van der Waals surface area contributed by atoms with Crippen molar-refractivity contribution in [1.82, 2.24) is 14.4 Å². The summed E-state index contributed by atoms with van der Waals surface area (Å²) in [6.45, 7) is 5.71. The second-order valence-corrected chi connectivity index (χ2v) is 9.45. The monoisotopic (exact) mass is 451 g/mol. The van der Waals surface area contributed by atoms with Gasteiger partial charge in [-0.15, -0.1) is 0 Å². The lowest BCUT2D eigenvalue weighted by Gasteiger charge is -2.28. The fraction of sp³-hybridized carbons (Fsp3) is 0.571. The summed E-state index contributed by atoms with van der Waals surface area (Å²) >= 11 is 0. The van der Waals surface area contributed by atoms with E-state index in [-0.39, 0.29) is 18.4 Å². The molecule has 0 N–H and O–H groups in total. The zero-order valence-electron chi connectivity index (χ0n) is 20.8. The van der Waals surface area contributed by atoms with Crippen LogP contribution >= 0.6 is 0 Å². The van der Waals surface area contributed by atoms with Crippen LogP contribution in [-0.4, -0.2) is 45.3 Å². The largest absolute Gasteiger partial charge is 0.353 e. The summed E-state index contributed by atoms with van der Waals surface area (Å²) in [5, 5.41) is 0. The number of benzene rings is 1. The topological polar surface area (TPSA) is 45.6 Å². The van der Waals surface area contributed by atoms with Crippen molar-refractivity contribution in [3.05, 3.63) is 59.4 Å². The van der Waals surface area contributed by atoms with E-state index in [9.17, 15) is 9.59 Å². The van der Waals surface area contributed by atoms with Gasteiger partial charge in [0.1, 0.15) is 6.54 Å². The summed E-state index contributed by atoms with van der Waals surface area (Å²) < 4.78 is 2.06. The Kier molecular flexibility index (Phi) is 9.59. The minimum absolute atomic E-state index is 0.0380. The Labute approximate surface area is 199 Å². The van der Waals surface area contributed by atoms with Gasteiger partial charge in [-0.05, 0) is 61.9 Å². The van der Waals surface area contributed by atoms with Gasteiger partial charge in [0.2, 0.25) is 5.91 Å². The van der Waals surface area contributed by atoms with Crippen LogP contribution in [0.3, 0.4) is 0 Å². The Morgan fingerprint density at radius 3 is 2.30 bits per heavy atom. The molecule has 1 fully saturated rings. The highest BCUT2D eigenvalue weighted by Crippen LogP contribution is 2.28. The highest BCUT2D eigenvalue weighted by molar-refractivity contribution is 5.96. The molecule has 0 saturated heterocycles. The first-order valence-corrected chi connectivity index (χ1v) is 12.8. The van der Waals surface area contributed by atoms with E-state index in [1.165, 1.54) is 31.2 Å². The first-order chi connectivity index (χ1) is 16.0. The highest BCUT2D eigenvalue weighted by atomic mass is 16.2. The molecule has 1 heterocycles. The third kappa shape index (κ3) is 7.48. The number of carbonyl (C=O) groups is 2. The Morgan fingerprint density at radius 1 is 0.970 bits per heavy atom. The van der Waals surface area contributed by atoms with Gasteiger partial charge in [0.15, 0.2) is 0 Å². The average molecular weight is 452 g/mol. The lowest BCUT2D eigenvalue weighted by atomic mass is 10.0. The van der Waals surface area contributed by atoms with Crippen LogP contribution in [-0.2, 0) is 24.8 Å². The number of unbranched alkanes of at least 4 members (excludes halogenated alkanes) is 4. The number of nitrogens with zero attached hydrogens (tertiary/aromatic N) is 3. The fourth-order valence-electron chi connectivity index (χ4n) is 4.25. The molecule has 0 aliphatic heterocycles. The first kappa shape index (κ1) is 25.1. The molecule has 1 aliphatic rings. The normalized spacial score (nSPS) is 13.2. The lowest BCUT2D eigenvalue weighted by molar-refractivity contribution is -0.133. The number of aryl methyl sites for hydroxylation is 2. The Balaban J connectivity index is 1.64. The van der Waals surface area contributed by atoms with Gasteiger partial charge in [-0.3, -0.25) is 9.59 Å². The summed E-state index contributed by atoms with van der Waals surface area (Å²) in [5.74, 6) is 0.0136. The van der Waals surface area contributed by atoms with Crippen molar-refractivity contribution in [1.29, 1.82) is 0 Å². The van der Waals surface area contributed by atoms with Gasteiger partial charge in [-0.1, -0.05) is 51.7 Å². The number of hydrogen-bond acceptors (Lipinski definition) is 2. The van der Waals surface area contributed by atoms with E-state index in [0.717, 1.165) is 37.8 Å². The maximum atomic E-state index is 13.3.